The van der Waals surface area contributed by atoms with Crippen LogP contribution in [0.4, 0.5) is 0 Å². The number of benzene rings is 2. The van der Waals surface area contributed by atoms with E-state index in [-0.39, 0.29) is 24.9 Å². The molecular weight excluding hydrogens is 374 g/mol. The molecule has 28 heavy (non-hydrogen) atoms. The summed E-state index contributed by atoms with van der Waals surface area (Å²) in [6.45, 7) is 2.31. The van der Waals surface area contributed by atoms with Crippen molar-refractivity contribution in [3.8, 4) is 35.7 Å². The zero-order valence-corrected chi connectivity index (χ0v) is 16.7. The third-order valence-electron chi connectivity index (χ3n) is 4.01. The lowest BCUT2D eigenvalue weighted by Crippen LogP contribution is -2.24. The van der Waals surface area contributed by atoms with E-state index in [9.17, 15) is 4.79 Å². The molecule has 2 aromatic rings. The molecule has 0 spiro atoms. The topological polar surface area (TPSA) is 47.6 Å². The van der Waals surface area contributed by atoms with Crippen molar-refractivity contribution >= 4 is 17.5 Å². The lowest BCUT2D eigenvalue weighted by molar-refractivity contribution is -0.121. The van der Waals surface area contributed by atoms with E-state index in [1.165, 1.54) is 0 Å². The quantitative estimate of drug-likeness (QED) is 0.682. The van der Waals surface area contributed by atoms with Gasteiger partial charge in [0.15, 0.2) is 11.5 Å². The van der Waals surface area contributed by atoms with Crippen molar-refractivity contribution in [2.45, 2.75) is 25.8 Å². The Labute approximate surface area is 171 Å². The highest BCUT2D eigenvalue weighted by Crippen LogP contribution is 2.32. The molecule has 144 valence electrons. The second-order valence-corrected chi connectivity index (χ2v) is 6.39. The Balaban J connectivity index is 2.09. The molecule has 1 amide bonds. The van der Waals surface area contributed by atoms with Crippen LogP contribution in [0.15, 0.2) is 42.5 Å². The van der Waals surface area contributed by atoms with Crippen molar-refractivity contribution in [2.24, 2.45) is 0 Å². The lowest BCUT2D eigenvalue weighted by Gasteiger charge is -2.15. The molecule has 0 saturated carbocycles. The Bertz CT molecular complexity index is 904. The third-order valence-corrected chi connectivity index (χ3v) is 4.26. The van der Waals surface area contributed by atoms with Crippen LogP contribution >= 0.6 is 11.6 Å². The fourth-order valence-corrected chi connectivity index (χ4v) is 2.76. The Morgan fingerprint density at radius 3 is 2.61 bits per heavy atom. The molecule has 1 unspecified atom stereocenters. The molecule has 0 bridgehead atoms. The predicted octanol–water partition coefficient (Wildman–Crippen LogP) is 4.17. The van der Waals surface area contributed by atoms with E-state index in [2.05, 4.69) is 23.1 Å². The van der Waals surface area contributed by atoms with Gasteiger partial charge in [-0.05, 0) is 42.3 Å². The van der Waals surface area contributed by atoms with Crippen molar-refractivity contribution in [3.63, 3.8) is 0 Å². The smallest absolute Gasteiger partial charge is 0.221 e. The Morgan fingerprint density at radius 2 is 1.96 bits per heavy atom. The van der Waals surface area contributed by atoms with Gasteiger partial charge in [-0.15, -0.1) is 12.3 Å². The van der Waals surface area contributed by atoms with Gasteiger partial charge in [0.2, 0.25) is 5.91 Å². The number of carbonyl (C=O) groups is 1. The number of ether oxygens (including phenoxy) is 2. The number of nitrogens with one attached hydrogen (secondary N) is 1. The average molecular weight is 396 g/mol. The molecule has 1 N–H and O–H groups in total. The molecule has 0 aliphatic rings. The first-order valence-corrected chi connectivity index (χ1v) is 9.12. The summed E-state index contributed by atoms with van der Waals surface area (Å²) < 4.78 is 10.8. The van der Waals surface area contributed by atoms with Gasteiger partial charge in [0, 0.05) is 18.0 Å². The maximum absolute atomic E-state index is 12.4. The predicted molar refractivity (Wildman–Crippen MR) is 111 cm³/mol. The first kappa shape index (κ1) is 21.2. The SMILES string of the molecule is C#CCOc1cc(C(C#CC)CC(=O)NCc2ccc(Cl)cc2)ccc1OC. The van der Waals surface area contributed by atoms with Crippen molar-refractivity contribution in [2.75, 3.05) is 13.7 Å². The van der Waals surface area contributed by atoms with Gasteiger partial charge in [-0.3, -0.25) is 4.79 Å². The average Bonchev–Trinajstić information content (AvgIpc) is 2.71. The van der Waals surface area contributed by atoms with E-state index in [0.29, 0.717) is 23.1 Å². The van der Waals surface area contributed by atoms with Crippen molar-refractivity contribution < 1.29 is 14.3 Å². The summed E-state index contributed by atoms with van der Waals surface area (Å²) >= 11 is 5.88. The summed E-state index contributed by atoms with van der Waals surface area (Å²) in [5.41, 5.74) is 1.84. The van der Waals surface area contributed by atoms with Gasteiger partial charge >= 0.3 is 0 Å². The molecule has 0 saturated heterocycles. The van der Waals surface area contributed by atoms with Crippen LogP contribution in [0.2, 0.25) is 5.02 Å². The number of carbonyl (C=O) groups excluding carboxylic acids is 1. The van der Waals surface area contributed by atoms with Crippen LogP contribution in [0.25, 0.3) is 0 Å². The molecule has 0 aliphatic heterocycles. The second-order valence-electron chi connectivity index (χ2n) is 5.96. The molecular formula is C23H22ClNO3. The van der Waals surface area contributed by atoms with Gasteiger partial charge in [-0.2, -0.15) is 0 Å². The van der Waals surface area contributed by atoms with Gasteiger partial charge in [-0.25, -0.2) is 0 Å². The van der Waals surface area contributed by atoms with Gasteiger partial charge in [0.05, 0.1) is 13.0 Å². The van der Waals surface area contributed by atoms with Gasteiger partial charge in [-0.1, -0.05) is 41.6 Å². The van der Waals surface area contributed by atoms with Gasteiger partial charge in [0.1, 0.15) is 6.61 Å². The van der Waals surface area contributed by atoms with Crippen LogP contribution in [0.1, 0.15) is 30.4 Å². The largest absolute Gasteiger partial charge is 0.493 e. The molecule has 2 rings (SSSR count). The van der Waals surface area contributed by atoms with Crippen LogP contribution < -0.4 is 14.8 Å². The van der Waals surface area contributed by atoms with E-state index in [1.807, 2.05) is 24.3 Å². The number of hydrogen-bond acceptors (Lipinski definition) is 3. The summed E-state index contributed by atoms with van der Waals surface area (Å²) in [7, 11) is 1.56. The number of halogens is 1. The van der Waals surface area contributed by atoms with E-state index in [1.54, 1.807) is 32.2 Å². The van der Waals surface area contributed by atoms with Crippen LogP contribution in [0, 0.1) is 24.2 Å². The normalized spacial score (nSPS) is 10.8. The Morgan fingerprint density at radius 1 is 1.21 bits per heavy atom. The number of methoxy groups -OCH3 is 1. The number of terminal acetylenes is 1. The molecule has 0 radical (unpaired) electrons. The van der Waals surface area contributed by atoms with E-state index >= 15 is 0 Å². The number of amides is 1. The minimum atomic E-state index is -0.269. The van der Waals surface area contributed by atoms with Crippen LogP contribution in [-0.4, -0.2) is 19.6 Å². The monoisotopic (exact) mass is 395 g/mol. The van der Waals surface area contributed by atoms with Gasteiger partial charge in [0.25, 0.3) is 0 Å². The summed E-state index contributed by atoms with van der Waals surface area (Å²) in [6, 6.07) is 12.8. The van der Waals surface area contributed by atoms with Crippen molar-refractivity contribution in [1.29, 1.82) is 0 Å². The van der Waals surface area contributed by atoms with Crippen LogP contribution in [0.5, 0.6) is 11.5 Å². The van der Waals surface area contributed by atoms with Crippen LogP contribution in [0.3, 0.4) is 0 Å². The van der Waals surface area contributed by atoms with E-state index < -0.39 is 0 Å². The van der Waals surface area contributed by atoms with Crippen molar-refractivity contribution in [3.05, 3.63) is 58.6 Å². The first-order valence-electron chi connectivity index (χ1n) is 8.75. The maximum Gasteiger partial charge on any atom is 0.221 e. The number of rotatable bonds is 8. The van der Waals surface area contributed by atoms with Crippen molar-refractivity contribution in [1.82, 2.24) is 5.32 Å². The molecule has 0 aliphatic carbocycles. The Hall–Kier alpha value is -3.08. The third kappa shape index (κ3) is 6.27. The van der Waals surface area contributed by atoms with E-state index in [4.69, 9.17) is 27.5 Å². The molecule has 0 aromatic heterocycles. The maximum atomic E-state index is 12.4. The molecule has 4 nitrogen and oxygen atoms in total. The van der Waals surface area contributed by atoms with Crippen LogP contribution in [-0.2, 0) is 11.3 Å². The fourth-order valence-electron chi connectivity index (χ4n) is 2.63. The fraction of sp³-hybridized carbons (Fsp3) is 0.261. The summed E-state index contributed by atoms with van der Waals surface area (Å²) in [5.74, 6) is 9.16. The zero-order chi connectivity index (χ0) is 20.4. The summed E-state index contributed by atoms with van der Waals surface area (Å²) in [5, 5.41) is 3.58. The van der Waals surface area contributed by atoms with Gasteiger partial charge < -0.3 is 14.8 Å². The molecule has 2 aromatic carbocycles. The second kappa shape index (κ2) is 10.9. The standard InChI is InChI=1S/C23H22ClNO3/c1-4-6-18(15-23(26)25-16-17-7-10-20(24)11-8-17)19-9-12-21(27-3)22(14-19)28-13-5-2/h2,7-12,14,18H,13,15-16H2,1,3H3,(H,25,26). The highest BCUT2D eigenvalue weighted by Gasteiger charge is 2.16. The molecule has 1 atom stereocenters. The molecule has 0 heterocycles. The molecule has 5 heteroatoms. The highest BCUT2D eigenvalue weighted by molar-refractivity contribution is 6.30. The minimum Gasteiger partial charge on any atom is -0.493 e. The highest BCUT2D eigenvalue weighted by atomic mass is 35.5. The zero-order valence-electron chi connectivity index (χ0n) is 15.9. The number of hydrogen-bond donors (Lipinski definition) is 1. The lowest BCUT2D eigenvalue weighted by atomic mass is 9.95. The summed E-state index contributed by atoms with van der Waals surface area (Å²) in [6.07, 6.45) is 5.50. The molecule has 0 fully saturated rings. The minimum absolute atomic E-state index is 0.0930. The van der Waals surface area contributed by atoms with E-state index in [0.717, 1.165) is 11.1 Å². The Kier molecular flexibility index (Phi) is 8.28. The first-order chi connectivity index (χ1) is 13.6. The summed E-state index contributed by atoms with van der Waals surface area (Å²) in [4.78, 5) is 12.4.